The van der Waals surface area contributed by atoms with Gasteiger partial charge in [-0.2, -0.15) is 0 Å². The molecule has 0 amide bonds. The molecule has 5 nitrogen and oxygen atoms in total. The molecule has 0 aromatic rings. The third-order valence-corrected chi connectivity index (χ3v) is 1.60. The Morgan fingerprint density at radius 2 is 1.46 bits per heavy atom. The minimum atomic E-state index is -0.961. The summed E-state index contributed by atoms with van der Waals surface area (Å²) >= 11 is 0. The summed E-state index contributed by atoms with van der Waals surface area (Å²) in [4.78, 5) is 10.5. The van der Waals surface area contributed by atoms with Gasteiger partial charge in [0.25, 0.3) is 0 Å². The SMILES string of the molecule is CC(O)CC(CC(C)O)C(=O)O.N. The Labute approximate surface area is 78.0 Å². The van der Waals surface area contributed by atoms with Crippen LogP contribution in [0, 0.1) is 5.92 Å². The van der Waals surface area contributed by atoms with E-state index in [4.69, 9.17) is 15.3 Å². The summed E-state index contributed by atoms with van der Waals surface area (Å²) in [6.07, 6.45) is -0.879. The molecular formula is C8H19NO4. The lowest BCUT2D eigenvalue weighted by molar-refractivity contribution is -0.143. The monoisotopic (exact) mass is 193 g/mol. The summed E-state index contributed by atoms with van der Waals surface area (Å²) in [5.74, 6) is -1.61. The molecule has 2 unspecified atom stereocenters. The molecule has 0 bridgehead atoms. The highest BCUT2D eigenvalue weighted by Crippen LogP contribution is 2.13. The second-order valence-corrected chi connectivity index (χ2v) is 3.20. The zero-order valence-corrected chi connectivity index (χ0v) is 8.10. The number of carboxylic acid groups (broad SMARTS) is 1. The van der Waals surface area contributed by atoms with Crippen LogP contribution >= 0.6 is 0 Å². The molecule has 0 rings (SSSR count). The fraction of sp³-hybridized carbons (Fsp3) is 0.875. The van der Waals surface area contributed by atoms with Crippen LogP contribution in [0.5, 0.6) is 0 Å². The van der Waals surface area contributed by atoms with Crippen molar-refractivity contribution < 1.29 is 20.1 Å². The lowest BCUT2D eigenvalue weighted by Gasteiger charge is -2.15. The predicted octanol–water partition coefficient (Wildman–Crippen LogP) is 0.391. The lowest BCUT2D eigenvalue weighted by atomic mass is 9.96. The molecular weight excluding hydrogens is 174 g/mol. The van der Waals surface area contributed by atoms with E-state index in [-0.39, 0.29) is 19.0 Å². The van der Waals surface area contributed by atoms with Crippen molar-refractivity contribution in [1.29, 1.82) is 0 Å². The maximum atomic E-state index is 10.5. The van der Waals surface area contributed by atoms with Gasteiger partial charge in [0, 0.05) is 0 Å². The average Bonchev–Trinajstić information content (AvgIpc) is 1.83. The van der Waals surface area contributed by atoms with Crippen molar-refractivity contribution in [3.63, 3.8) is 0 Å². The maximum absolute atomic E-state index is 10.5. The first kappa shape index (κ1) is 14.9. The average molecular weight is 193 g/mol. The molecule has 2 atom stereocenters. The van der Waals surface area contributed by atoms with Crippen LogP contribution in [0.2, 0.25) is 0 Å². The van der Waals surface area contributed by atoms with E-state index in [1.54, 1.807) is 0 Å². The van der Waals surface area contributed by atoms with Gasteiger partial charge in [0.1, 0.15) is 0 Å². The van der Waals surface area contributed by atoms with Crippen molar-refractivity contribution in [1.82, 2.24) is 6.15 Å². The van der Waals surface area contributed by atoms with Crippen molar-refractivity contribution in [2.75, 3.05) is 0 Å². The molecule has 0 radical (unpaired) electrons. The van der Waals surface area contributed by atoms with Gasteiger partial charge in [0.15, 0.2) is 0 Å². The van der Waals surface area contributed by atoms with Gasteiger partial charge < -0.3 is 21.5 Å². The highest BCUT2D eigenvalue weighted by atomic mass is 16.4. The smallest absolute Gasteiger partial charge is 0.306 e. The third kappa shape index (κ3) is 7.70. The van der Waals surface area contributed by atoms with E-state index < -0.39 is 24.1 Å². The van der Waals surface area contributed by atoms with Crippen LogP contribution in [0.1, 0.15) is 26.7 Å². The van der Waals surface area contributed by atoms with Crippen molar-refractivity contribution in [2.45, 2.75) is 38.9 Å². The van der Waals surface area contributed by atoms with Crippen LogP contribution in [-0.2, 0) is 4.79 Å². The van der Waals surface area contributed by atoms with Gasteiger partial charge >= 0.3 is 5.97 Å². The van der Waals surface area contributed by atoms with Crippen LogP contribution in [0.4, 0.5) is 0 Å². The molecule has 0 saturated carbocycles. The van der Waals surface area contributed by atoms with Crippen LogP contribution in [0.15, 0.2) is 0 Å². The number of aliphatic hydroxyl groups is 2. The Hall–Kier alpha value is -0.650. The van der Waals surface area contributed by atoms with Crippen molar-refractivity contribution in [3.8, 4) is 0 Å². The van der Waals surface area contributed by atoms with Gasteiger partial charge in [0.05, 0.1) is 18.1 Å². The number of aliphatic carboxylic acids is 1. The number of hydrogen-bond acceptors (Lipinski definition) is 4. The highest BCUT2D eigenvalue weighted by Gasteiger charge is 2.20. The van der Waals surface area contributed by atoms with Crippen molar-refractivity contribution in [2.24, 2.45) is 5.92 Å². The van der Waals surface area contributed by atoms with Gasteiger partial charge in [-0.05, 0) is 26.7 Å². The summed E-state index contributed by atoms with van der Waals surface area (Å²) in [6, 6.07) is 0. The van der Waals surface area contributed by atoms with Crippen LogP contribution in [0.25, 0.3) is 0 Å². The first-order valence-corrected chi connectivity index (χ1v) is 4.02. The van der Waals surface area contributed by atoms with E-state index in [0.29, 0.717) is 0 Å². The Morgan fingerprint density at radius 3 is 1.62 bits per heavy atom. The summed E-state index contributed by atoms with van der Waals surface area (Å²) in [5.41, 5.74) is 0. The molecule has 5 heteroatoms. The second-order valence-electron chi connectivity index (χ2n) is 3.20. The van der Waals surface area contributed by atoms with Gasteiger partial charge in [-0.1, -0.05) is 0 Å². The largest absolute Gasteiger partial charge is 0.481 e. The molecule has 80 valence electrons. The van der Waals surface area contributed by atoms with E-state index >= 15 is 0 Å². The summed E-state index contributed by atoms with van der Waals surface area (Å²) < 4.78 is 0. The number of aliphatic hydroxyl groups excluding tert-OH is 2. The fourth-order valence-electron chi connectivity index (χ4n) is 1.12. The molecule has 0 fully saturated rings. The zero-order valence-electron chi connectivity index (χ0n) is 8.10. The maximum Gasteiger partial charge on any atom is 0.306 e. The Bertz CT molecular complexity index is 137. The quantitative estimate of drug-likeness (QED) is 0.504. The molecule has 0 aromatic heterocycles. The highest BCUT2D eigenvalue weighted by molar-refractivity contribution is 5.70. The molecule has 0 spiro atoms. The van der Waals surface area contributed by atoms with E-state index in [1.165, 1.54) is 13.8 Å². The van der Waals surface area contributed by atoms with Gasteiger partial charge in [-0.3, -0.25) is 4.79 Å². The number of carbonyl (C=O) groups is 1. The fourth-order valence-corrected chi connectivity index (χ4v) is 1.12. The predicted molar refractivity (Wildman–Crippen MR) is 48.7 cm³/mol. The lowest BCUT2D eigenvalue weighted by Crippen LogP contribution is -2.22. The minimum absolute atomic E-state index is 0. The van der Waals surface area contributed by atoms with E-state index in [1.807, 2.05) is 0 Å². The summed E-state index contributed by atoms with van der Waals surface area (Å²) in [7, 11) is 0. The Balaban J connectivity index is 0. The van der Waals surface area contributed by atoms with Crippen molar-refractivity contribution >= 4 is 5.97 Å². The van der Waals surface area contributed by atoms with E-state index in [0.717, 1.165) is 0 Å². The van der Waals surface area contributed by atoms with Gasteiger partial charge in [-0.15, -0.1) is 0 Å². The first-order valence-electron chi connectivity index (χ1n) is 4.02. The summed E-state index contributed by atoms with van der Waals surface area (Å²) in [5, 5.41) is 26.5. The number of carboxylic acids is 1. The Kier molecular flexibility index (Phi) is 7.79. The molecule has 0 heterocycles. The first-order chi connectivity index (χ1) is 5.43. The molecule has 6 N–H and O–H groups in total. The molecule has 0 aliphatic heterocycles. The van der Waals surface area contributed by atoms with Crippen molar-refractivity contribution in [3.05, 3.63) is 0 Å². The summed E-state index contributed by atoms with van der Waals surface area (Å²) in [6.45, 7) is 3.08. The molecule has 0 aromatic carbocycles. The van der Waals surface area contributed by atoms with E-state index in [9.17, 15) is 4.79 Å². The van der Waals surface area contributed by atoms with Gasteiger partial charge in [0.2, 0.25) is 0 Å². The van der Waals surface area contributed by atoms with Crippen LogP contribution < -0.4 is 6.15 Å². The standard InChI is InChI=1S/C8H16O4.H3N/c1-5(9)3-7(8(11)12)4-6(2)10;/h5-7,9-10H,3-4H2,1-2H3,(H,11,12);1H3. The molecule has 0 aliphatic carbocycles. The topological polar surface area (TPSA) is 113 Å². The normalized spacial score (nSPS) is 16.9. The minimum Gasteiger partial charge on any atom is -0.481 e. The molecule has 0 saturated heterocycles. The molecule has 0 aliphatic rings. The number of rotatable bonds is 5. The van der Waals surface area contributed by atoms with E-state index in [2.05, 4.69) is 0 Å². The number of hydrogen-bond donors (Lipinski definition) is 4. The third-order valence-electron chi connectivity index (χ3n) is 1.60. The van der Waals surface area contributed by atoms with Crippen LogP contribution in [0.3, 0.4) is 0 Å². The zero-order chi connectivity index (χ0) is 9.72. The molecule has 13 heavy (non-hydrogen) atoms. The van der Waals surface area contributed by atoms with Gasteiger partial charge in [-0.25, -0.2) is 0 Å². The Morgan fingerprint density at radius 1 is 1.15 bits per heavy atom. The van der Waals surface area contributed by atoms with Crippen LogP contribution in [-0.4, -0.2) is 33.5 Å². The second kappa shape index (κ2) is 6.82.